The van der Waals surface area contributed by atoms with Crippen molar-refractivity contribution in [3.63, 3.8) is 0 Å². The highest BCUT2D eigenvalue weighted by molar-refractivity contribution is 7.07. The number of pyridine rings is 1. The van der Waals surface area contributed by atoms with Crippen LogP contribution < -0.4 is 0 Å². The molecule has 1 amide bonds. The van der Waals surface area contributed by atoms with Gasteiger partial charge in [0.2, 0.25) is 0 Å². The SMILES string of the molecule is Cc1nnsc1C(=O)N1C[C@@H]2CCN(Cc3ccncc3)[C@@H]2C1. The Kier molecular flexibility index (Phi) is 3.82. The molecule has 0 radical (unpaired) electrons. The van der Waals surface area contributed by atoms with Gasteiger partial charge in [-0.1, -0.05) is 4.49 Å². The Morgan fingerprint density at radius 2 is 2.17 bits per heavy atom. The van der Waals surface area contributed by atoms with Crippen molar-refractivity contribution in [2.75, 3.05) is 19.6 Å². The summed E-state index contributed by atoms with van der Waals surface area (Å²) in [5, 5.41) is 3.96. The Bertz CT molecular complexity index is 704. The molecule has 2 aliphatic heterocycles. The summed E-state index contributed by atoms with van der Waals surface area (Å²) in [5.74, 6) is 0.678. The first-order valence-electron chi connectivity index (χ1n) is 7.93. The minimum atomic E-state index is 0.0933. The lowest BCUT2D eigenvalue weighted by Gasteiger charge is -2.24. The summed E-state index contributed by atoms with van der Waals surface area (Å²) in [6.07, 6.45) is 4.85. The normalized spacial score (nSPS) is 24.1. The van der Waals surface area contributed by atoms with Crippen LogP contribution in [0.4, 0.5) is 0 Å². The number of fused-ring (bicyclic) bond motifs is 1. The summed E-state index contributed by atoms with van der Waals surface area (Å²) in [7, 11) is 0. The molecule has 0 aromatic carbocycles. The van der Waals surface area contributed by atoms with Gasteiger partial charge in [-0.15, -0.1) is 5.10 Å². The van der Waals surface area contributed by atoms with Crippen molar-refractivity contribution >= 4 is 17.4 Å². The van der Waals surface area contributed by atoms with Crippen LogP contribution in [0, 0.1) is 12.8 Å². The third-order valence-electron chi connectivity index (χ3n) is 4.93. The van der Waals surface area contributed by atoms with Gasteiger partial charge in [-0.05, 0) is 55.0 Å². The van der Waals surface area contributed by atoms with E-state index >= 15 is 0 Å². The molecule has 0 unspecified atom stereocenters. The molecule has 4 heterocycles. The van der Waals surface area contributed by atoms with E-state index in [0.29, 0.717) is 16.8 Å². The zero-order valence-electron chi connectivity index (χ0n) is 13.1. The molecule has 2 aromatic heterocycles. The van der Waals surface area contributed by atoms with Crippen molar-refractivity contribution in [2.45, 2.75) is 25.9 Å². The standard InChI is InChI=1S/C16H19N5OS/c1-11-15(23-19-18-11)16(22)21-9-13-4-7-20(14(13)10-21)8-12-2-5-17-6-3-12/h2-3,5-6,13-14H,4,7-10H2,1H3/t13-,14+/m0/s1. The van der Waals surface area contributed by atoms with Crippen molar-refractivity contribution in [3.05, 3.63) is 40.7 Å². The molecule has 2 atom stereocenters. The number of carbonyl (C=O) groups excluding carboxylic acids is 1. The van der Waals surface area contributed by atoms with E-state index in [4.69, 9.17) is 0 Å². The molecule has 2 aliphatic rings. The molecule has 2 fully saturated rings. The summed E-state index contributed by atoms with van der Waals surface area (Å²) in [6, 6.07) is 4.60. The van der Waals surface area contributed by atoms with E-state index in [0.717, 1.165) is 31.9 Å². The second kappa shape index (κ2) is 5.98. The fraction of sp³-hybridized carbons (Fsp3) is 0.500. The topological polar surface area (TPSA) is 62.2 Å². The molecule has 23 heavy (non-hydrogen) atoms. The fourth-order valence-corrected chi connectivity index (χ4v) is 4.33. The minimum absolute atomic E-state index is 0.0933. The molecule has 0 spiro atoms. The average molecular weight is 329 g/mol. The zero-order chi connectivity index (χ0) is 15.8. The molecule has 120 valence electrons. The van der Waals surface area contributed by atoms with Crippen LogP contribution in [0.2, 0.25) is 0 Å². The highest BCUT2D eigenvalue weighted by Gasteiger charge is 2.43. The average Bonchev–Trinajstić information content (AvgIpc) is 3.25. The van der Waals surface area contributed by atoms with Crippen LogP contribution in [0.25, 0.3) is 0 Å². The van der Waals surface area contributed by atoms with E-state index < -0.39 is 0 Å². The molecule has 0 aliphatic carbocycles. The summed E-state index contributed by atoms with van der Waals surface area (Å²) < 4.78 is 3.89. The van der Waals surface area contributed by atoms with E-state index in [9.17, 15) is 4.79 Å². The zero-order valence-corrected chi connectivity index (χ0v) is 13.9. The van der Waals surface area contributed by atoms with Gasteiger partial charge >= 0.3 is 0 Å². The molecule has 0 saturated carbocycles. The third-order valence-corrected chi connectivity index (χ3v) is 5.75. The van der Waals surface area contributed by atoms with Crippen molar-refractivity contribution in [2.24, 2.45) is 5.92 Å². The highest BCUT2D eigenvalue weighted by atomic mass is 32.1. The second-order valence-corrected chi connectivity index (χ2v) is 7.09. The summed E-state index contributed by atoms with van der Waals surface area (Å²) in [4.78, 5) is 21.9. The van der Waals surface area contributed by atoms with Gasteiger partial charge in [0.05, 0.1) is 5.69 Å². The Morgan fingerprint density at radius 3 is 2.91 bits per heavy atom. The number of amides is 1. The molecular formula is C16H19N5OS. The molecule has 7 heteroatoms. The van der Waals surface area contributed by atoms with Crippen LogP contribution in [-0.4, -0.2) is 56.0 Å². The van der Waals surface area contributed by atoms with Crippen molar-refractivity contribution in [1.82, 2.24) is 24.4 Å². The third kappa shape index (κ3) is 2.74. The molecular weight excluding hydrogens is 310 g/mol. The first kappa shape index (κ1) is 14.7. The number of carbonyl (C=O) groups is 1. The van der Waals surface area contributed by atoms with E-state index in [1.165, 1.54) is 23.5 Å². The Balaban J connectivity index is 1.45. The predicted molar refractivity (Wildman–Crippen MR) is 87.1 cm³/mol. The van der Waals surface area contributed by atoms with Crippen molar-refractivity contribution < 1.29 is 4.79 Å². The summed E-state index contributed by atoms with van der Waals surface area (Å²) in [5.41, 5.74) is 2.03. The number of hydrogen-bond donors (Lipinski definition) is 0. The maximum absolute atomic E-state index is 12.7. The van der Waals surface area contributed by atoms with Crippen molar-refractivity contribution in [3.8, 4) is 0 Å². The molecule has 6 nitrogen and oxygen atoms in total. The largest absolute Gasteiger partial charge is 0.336 e. The van der Waals surface area contributed by atoms with Crippen LogP contribution in [0.5, 0.6) is 0 Å². The smallest absolute Gasteiger partial charge is 0.267 e. The molecule has 2 aromatic rings. The second-order valence-electron chi connectivity index (χ2n) is 6.34. The number of likely N-dealkylation sites (tertiary alicyclic amines) is 2. The highest BCUT2D eigenvalue weighted by Crippen LogP contribution is 2.33. The van der Waals surface area contributed by atoms with Gasteiger partial charge in [-0.3, -0.25) is 14.7 Å². The van der Waals surface area contributed by atoms with Gasteiger partial charge in [-0.25, -0.2) is 0 Å². The monoisotopic (exact) mass is 329 g/mol. The lowest BCUT2D eigenvalue weighted by atomic mass is 10.1. The number of nitrogens with zero attached hydrogens (tertiary/aromatic N) is 5. The van der Waals surface area contributed by atoms with E-state index in [1.807, 2.05) is 24.2 Å². The van der Waals surface area contributed by atoms with E-state index in [1.54, 1.807) is 0 Å². The first-order chi connectivity index (χ1) is 11.2. The fourth-order valence-electron chi connectivity index (χ4n) is 3.71. The van der Waals surface area contributed by atoms with E-state index in [2.05, 4.69) is 31.6 Å². The Morgan fingerprint density at radius 1 is 1.35 bits per heavy atom. The van der Waals surface area contributed by atoms with Crippen LogP contribution in [0.1, 0.15) is 27.3 Å². The number of rotatable bonds is 3. The minimum Gasteiger partial charge on any atom is -0.336 e. The number of aryl methyl sites for hydroxylation is 1. The van der Waals surface area contributed by atoms with Crippen LogP contribution in [0.3, 0.4) is 0 Å². The molecule has 2 saturated heterocycles. The van der Waals surface area contributed by atoms with Gasteiger partial charge in [-0.2, -0.15) is 0 Å². The number of hydrogen-bond acceptors (Lipinski definition) is 6. The van der Waals surface area contributed by atoms with Gasteiger partial charge in [0.15, 0.2) is 0 Å². The number of aromatic nitrogens is 3. The van der Waals surface area contributed by atoms with E-state index in [-0.39, 0.29) is 5.91 Å². The Hall–Kier alpha value is -1.86. The van der Waals surface area contributed by atoms with Crippen molar-refractivity contribution in [1.29, 1.82) is 0 Å². The Labute approximate surface area is 139 Å². The lowest BCUT2D eigenvalue weighted by Crippen LogP contribution is -2.36. The first-order valence-corrected chi connectivity index (χ1v) is 8.71. The van der Waals surface area contributed by atoms with Crippen LogP contribution in [-0.2, 0) is 6.54 Å². The lowest BCUT2D eigenvalue weighted by molar-refractivity contribution is 0.0774. The quantitative estimate of drug-likeness (QED) is 0.856. The van der Waals surface area contributed by atoms with Crippen LogP contribution in [0.15, 0.2) is 24.5 Å². The summed E-state index contributed by atoms with van der Waals surface area (Å²) >= 11 is 1.20. The van der Waals surface area contributed by atoms with Gasteiger partial charge in [0.1, 0.15) is 4.88 Å². The summed E-state index contributed by atoms with van der Waals surface area (Å²) in [6.45, 7) is 5.57. The molecule has 4 rings (SSSR count). The molecule has 0 bridgehead atoms. The van der Waals surface area contributed by atoms with Gasteiger partial charge in [0.25, 0.3) is 5.91 Å². The maximum atomic E-state index is 12.7. The molecule has 0 N–H and O–H groups in total. The van der Waals surface area contributed by atoms with Crippen LogP contribution >= 0.6 is 11.5 Å². The van der Waals surface area contributed by atoms with Gasteiger partial charge < -0.3 is 4.90 Å². The predicted octanol–water partition coefficient (Wildman–Crippen LogP) is 1.59. The van der Waals surface area contributed by atoms with Gasteiger partial charge in [0, 0.05) is 38.1 Å². The maximum Gasteiger partial charge on any atom is 0.267 e.